The number of methoxy groups -OCH3 is 1. The number of likely N-dealkylation sites (N-methyl/N-ethyl adjacent to an activating group) is 1. The number of rotatable bonds is 14. The number of aliphatic hydroxyl groups excluding tert-OH is 3. The molecule has 6 N–H and O–H groups in total. The van der Waals surface area contributed by atoms with Gasteiger partial charge in [-0.05, 0) is 124 Å². The molecule has 1 aromatic heterocycles. The van der Waals surface area contributed by atoms with E-state index in [4.69, 9.17) is 28.4 Å². The lowest BCUT2D eigenvalue weighted by Crippen LogP contribution is -2.60. The number of thiophene rings is 1. The van der Waals surface area contributed by atoms with E-state index < -0.39 is 96.0 Å². The number of benzene rings is 2. The molecule has 0 aliphatic carbocycles. The van der Waals surface area contributed by atoms with Crippen LogP contribution in [0.3, 0.4) is 0 Å². The fourth-order valence-electron chi connectivity index (χ4n) is 12.3. The van der Waals surface area contributed by atoms with Gasteiger partial charge in [-0.3, -0.25) is 14.5 Å². The molecule has 16 nitrogen and oxygen atoms in total. The molecule has 0 radical (unpaired) electrons. The molecule has 5 heterocycles. The minimum atomic E-state index is -1.92. The van der Waals surface area contributed by atoms with Crippen molar-refractivity contribution in [2.45, 2.75) is 214 Å². The maximum atomic E-state index is 14.7. The number of hydrogen-bond acceptors (Lipinski definition) is 17. The number of nitrogens with one attached hydrogen (secondary N) is 1. The van der Waals surface area contributed by atoms with Crippen LogP contribution in [0.25, 0.3) is 21.6 Å². The molecule has 430 valence electrons. The van der Waals surface area contributed by atoms with Gasteiger partial charge in [0.2, 0.25) is 5.91 Å². The van der Waals surface area contributed by atoms with Gasteiger partial charge in [0.25, 0.3) is 0 Å². The predicted molar refractivity (Wildman–Crippen MR) is 298 cm³/mol. The van der Waals surface area contributed by atoms with Gasteiger partial charge >= 0.3 is 5.97 Å². The van der Waals surface area contributed by atoms with E-state index in [0.717, 1.165) is 4.88 Å². The standard InChI is InChI=1S/C59H89N3O13S2/c1-14-46-59(10,69)52(65)37(6)62(27-19-26-60-47(63)25-24-39-29-42-40-20-15-17-22-44(40)77-45-23-18-16-21-41(45)51(42)76-39)32-33(2)30-57(8,68)54(75-56-49(64)43(61(11)12)28-34(3)71-56)35(4)50(36(5)55(67)73-46)74-48-31-58(9,70-13)53(66)38(7)72-48/h15-18,20-23,29,33-38,43,46,48-50,52-54,56,64-66,68-69H,14,19,24-28,30-32H2,1-13H3,(H,60,63)/t33-,34-,35+,36-,37-,38-,43+,46-,48-,49-,50+,52-,53+,54-,56+,57-,58-,59-/m1/s1. The fourth-order valence-corrected chi connectivity index (χ4v) is 14.7. The summed E-state index contributed by atoms with van der Waals surface area (Å²) in [5.74, 6) is -2.95. The van der Waals surface area contributed by atoms with Crippen LogP contribution in [0.15, 0.2) is 64.4 Å². The summed E-state index contributed by atoms with van der Waals surface area (Å²) >= 11 is 3.52. The lowest BCUT2D eigenvalue weighted by molar-refractivity contribution is -0.318. The van der Waals surface area contributed by atoms with Crippen LogP contribution >= 0.6 is 23.1 Å². The highest BCUT2D eigenvalue weighted by Crippen LogP contribution is 2.51. The molecule has 7 rings (SSSR count). The third-order valence-electron chi connectivity index (χ3n) is 16.9. The smallest absolute Gasteiger partial charge is 0.311 e. The van der Waals surface area contributed by atoms with E-state index in [1.165, 1.54) is 45.4 Å². The first-order chi connectivity index (χ1) is 36.3. The summed E-state index contributed by atoms with van der Waals surface area (Å²) in [5, 5.41) is 63.6. The van der Waals surface area contributed by atoms with Gasteiger partial charge in [-0.2, -0.15) is 0 Å². The molecule has 0 unspecified atom stereocenters. The highest BCUT2D eigenvalue weighted by molar-refractivity contribution is 7.99. The van der Waals surface area contributed by atoms with Crippen LogP contribution in [0, 0.1) is 17.8 Å². The van der Waals surface area contributed by atoms with E-state index in [1.54, 1.807) is 57.7 Å². The summed E-state index contributed by atoms with van der Waals surface area (Å²) in [4.78, 5) is 36.9. The van der Waals surface area contributed by atoms with Gasteiger partial charge in [0.05, 0.1) is 41.5 Å². The molecular formula is C59H89N3O13S2. The van der Waals surface area contributed by atoms with Gasteiger partial charge in [0, 0.05) is 88.3 Å². The van der Waals surface area contributed by atoms with E-state index >= 15 is 0 Å². The first-order valence-corrected chi connectivity index (χ1v) is 29.5. The molecule has 77 heavy (non-hydrogen) atoms. The van der Waals surface area contributed by atoms with Crippen molar-refractivity contribution in [3.8, 4) is 21.6 Å². The van der Waals surface area contributed by atoms with Crippen molar-refractivity contribution in [3.05, 3.63) is 59.5 Å². The molecule has 18 heteroatoms. The second kappa shape index (κ2) is 25.8. The molecule has 4 aliphatic heterocycles. The topological polar surface area (TPSA) is 209 Å². The first kappa shape index (κ1) is 61.6. The van der Waals surface area contributed by atoms with Crippen LogP contribution in [-0.2, 0) is 44.4 Å². The molecule has 1 amide bonds. The molecule has 2 aromatic carbocycles. The van der Waals surface area contributed by atoms with Gasteiger partial charge in [-0.1, -0.05) is 68.9 Å². The van der Waals surface area contributed by atoms with Crippen molar-refractivity contribution in [3.63, 3.8) is 0 Å². The quantitative estimate of drug-likeness (QED) is 0.0542. The molecule has 3 aromatic rings. The maximum absolute atomic E-state index is 14.7. The van der Waals surface area contributed by atoms with Crippen molar-refractivity contribution in [2.24, 2.45) is 17.8 Å². The highest BCUT2D eigenvalue weighted by Gasteiger charge is 2.53. The Labute approximate surface area is 465 Å². The lowest BCUT2D eigenvalue weighted by Gasteiger charge is -2.48. The summed E-state index contributed by atoms with van der Waals surface area (Å²) in [6, 6.07) is 18.2. The predicted octanol–water partition coefficient (Wildman–Crippen LogP) is 7.27. The van der Waals surface area contributed by atoms with Crippen LogP contribution in [-0.4, -0.2) is 178 Å². The van der Waals surface area contributed by atoms with Gasteiger partial charge in [-0.15, -0.1) is 11.3 Å². The molecule has 0 saturated carbocycles. The molecule has 3 fully saturated rings. The lowest BCUT2D eigenvalue weighted by atomic mass is 9.77. The van der Waals surface area contributed by atoms with E-state index in [1.807, 2.05) is 46.7 Å². The number of esters is 1. The number of ether oxygens (including phenoxy) is 6. The zero-order valence-corrected chi connectivity index (χ0v) is 49.3. The minimum Gasteiger partial charge on any atom is -0.459 e. The van der Waals surface area contributed by atoms with Crippen molar-refractivity contribution < 1.29 is 63.5 Å². The number of cyclic esters (lactones) is 1. The van der Waals surface area contributed by atoms with E-state index in [9.17, 15) is 35.1 Å². The fraction of sp³-hybridized carbons (Fsp3) is 0.695. The zero-order chi connectivity index (χ0) is 56.3. The number of aliphatic hydroxyl groups is 5. The number of hydrogen-bond donors (Lipinski definition) is 6. The first-order valence-electron chi connectivity index (χ1n) is 27.8. The molecule has 0 bridgehead atoms. The van der Waals surface area contributed by atoms with Crippen molar-refractivity contribution in [2.75, 3.05) is 40.8 Å². The number of amides is 1. The Morgan fingerprint density at radius 2 is 1.56 bits per heavy atom. The van der Waals surface area contributed by atoms with Crippen LogP contribution in [0.2, 0.25) is 0 Å². The second-order valence-electron chi connectivity index (χ2n) is 23.5. The van der Waals surface area contributed by atoms with E-state index in [-0.39, 0.29) is 43.2 Å². The average Bonchev–Trinajstić information content (AvgIpc) is 3.77. The Morgan fingerprint density at radius 1 is 0.896 bits per heavy atom. The normalized spacial score (nSPS) is 37.6. The van der Waals surface area contributed by atoms with Gasteiger partial charge in [0.15, 0.2) is 12.6 Å². The summed E-state index contributed by atoms with van der Waals surface area (Å²) in [6.45, 7) is 18.8. The monoisotopic (exact) mass is 1110 g/mol. The third-order valence-corrected chi connectivity index (χ3v) is 19.3. The van der Waals surface area contributed by atoms with Crippen molar-refractivity contribution in [1.82, 2.24) is 15.1 Å². The molecule has 0 spiro atoms. The number of aryl methyl sites for hydroxylation is 1. The summed E-state index contributed by atoms with van der Waals surface area (Å²) in [6.07, 6.45) is -7.62. The Kier molecular flexibility index (Phi) is 20.6. The summed E-state index contributed by atoms with van der Waals surface area (Å²) in [5.41, 5.74) is -1.06. The minimum absolute atomic E-state index is 0.0695. The Morgan fingerprint density at radius 3 is 2.22 bits per heavy atom. The van der Waals surface area contributed by atoms with Crippen molar-refractivity contribution in [1.29, 1.82) is 0 Å². The zero-order valence-electron chi connectivity index (χ0n) is 47.6. The van der Waals surface area contributed by atoms with Crippen LogP contribution < -0.4 is 5.32 Å². The number of carbonyl (C=O) groups is 2. The summed E-state index contributed by atoms with van der Waals surface area (Å²) < 4.78 is 38.3. The average molecular weight is 1110 g/mol. The third kappa shape index (κ3) is 14.0. The highest BCUT2D eigenvalue weighted by atomic mass is 32.2. The Bertz CT molecular complexity index is 2380. The van der Waals surface area contributed by atoms with E-state index in [2.05, 4.69) is 64.8 Å². The second-order valence-corrected chi connectivity index (χ2v) is 25.7. The van der Waals surface area contributed by atoms with Crippen LogP contribution in [0.4, 0.5) is 0 Å². The number of nitrogens with zero attached hydrogens (tertiary/aromatic N) is 2. The van der Waals surface area contributed by atoms with Crippen LogP contribution in [0.5, 0.6) is 0 Å². The van der Waals surface area contributed by atoms with Crippen LogP contribution in [0.1, 0.15) is 113 Å². The van der Waals surface area contributed by atoms with Gasteiger partial charge in [0.1, 0.15) is 30.0 Å². The molecule has 4 aliphatic rings. The SMILES string of the molecule is CC[C@H]1OC(=O)[C@H](C)[C@@H](O[C@@H]2C[C@@](C)(OC)[C@@H](O)[C@@H](C)O2)[C@H](C)[C@@H](O[C@@H]2O[C@H](C)C[C@H](N(C)C)[C@H]2O)[C@](C)(O)C[C@@H](C)CN(CCCNC(=O)CCc2cc3c(s2)-c2ccccc2Sc2ccccc2-3)[C@H](C)[C@@H](O)[C@]1(C)O. The van der Waals surface area contributed by atoms with Crippen molar-refractivity contribution >= 4 is 35.0 Å². The Balaban J connectivity index is 1.12. The maximum Gasteiger partial charge on any atom is 0.311 e. The van der Waals surface area contributed by atoms with Gasteiger partial charge in [-0.25, -0.2) is 0 Å². The largest absolute Gasteiger partial charge is 0.459 e. The number of carbonyl (C=O) groups excluding carboxylic acids is 2. The summed E-state index contributed by atoms with van der Waals surface area (Å²) in [7, 11) is 5.28. The molecular weight excluding hydrogens is 1020 g/mol. The van der Waals surface area contributed by atoms with E-state index in [0.29, 0.717) is 45.3 Å². The molecule has 3 saturated heterocycles. The number of fused-ring (bicyclic) bond motifs is 5. The van der Waals surface area contributed by atoms with Gasteiger partial charge < -0.3 is 64.2 Å². The Hall–Kier alpha value is -3.05. The molecule has 18 atom stereocenters.